The Bertz CT molecular complexity index is 1100. The molecule has 314 valence electrons. The SMILES string of the molecule is CCCCCCCCCCCCCCCC(=O)OC[C@H](COP(=O)(O)OCCN)OC(=O)CCC/C=C\C[C@H]1[C@@H](O)CC(=O)[C@@H]1/C=C/[C@@H](O)CCCCC. The first-order valence-electron chi connectivity index (χ1n) is 20.9. The number of carbonyl (C=O) groups is 3. The molecule has 13 heteroatoms. The summed E-state index contributed by atoms with van der Waals surface area (Å²) in [5.41, 5.74) is 5.33. The van der Waals surface area contributed by atoms with Gasteiger partial charge in [-0.3, -0.25) is 23.4 Å². The molecule has 1 aliphatic rings. The molecule has 0 heterocycles. The van der Waals surface area contributed by atoms with Crippen LogP contribution < -0.4 is 5.73 Å². The molecule has 6 atom stereocenters. The lowest BCUT2D eigenvalue weighted by Gasteiger charge is -2.19. The van der Waals surface area contributed by atoms with Crippen molar-refractivity contribution in [2.24, 2.45) is 17.6 Å². The largest absolute Gasteiger partial charge is 0.472 e. The second-order valence-corrected chi connectivity index (χ2v) is 16.1. The van der Waals surface area contributed by atoms with Crippen molar-refractivity contribution in [1.82, 2.24) is 0 Å². The molecule has 0 spiro atoms. The van der Waals surface area contributed by atoms with E-state index in [1.807, 2.05) is 12.2 Å². The fourth-order valence-electron chi connectivity index (χ4n) is 6.50. The molecule has 0 aromatic heterocycles. The van der Waals surface area contributed by atoms with Crippen LogP contribution in [0.2, 0.25) is 0 Å². The Morgan fingerprint density at radius 1 is 0.833 bits per heavy atom. The van der Waals surface area contributed by atoms with Crippen LogP contribution in [0.3, 0.4) is 0 Å². The summed E-state index contributed by atoms with van der Waals surface area (Å²) in [5.74, 6) is -1.78. The van der Waals surface area contributed by atoms with Crippen molar-refractivity contribution in [1.29, 1.82) is 0 Å². The van der Waals surface area contributed by atoms with E-state index in [0.717, 1.165) is 38.5 Å². The van der Waals surface area contributed by atoms with Gasteiger partial charge in [0.05, 0.1) is 25.4 Å². The van der Waals surface area contributed by atoms with Crippen molar-refractivity contribution in [2.45, 2.75) is 180 Å². The van der Waals surface area contributed by atoms with Gasteiger partial charge in [-0.2, -0.15) is 0 Å². The van der Waals surface area contributed by atoms with Gasteiger partial charge >= 0.3 is 19.8 Å². The Labute approximate surface area is 325 Å². The standard InChI is InChI=1S/C41H74NO11P/c1-3-5-7-8-9-10-11-12-13-14-15-16-21-25-40(46)50-32-35(33-52-54(48,49)51-30-29-42)53-41(47)26-22-18-17-20-24-36-37(39(45)31-38(36)44)28-27-34(43)23-19-6-4-2/h17,20,27-28,34-38,43-44H,3-16,18-19,21-26,29-33,42H2,1-2H3,(H,48,49)/b20-17-,28-27+/t34-,35+,36+,37+,38-/m0/s1. The number of hydrogen-bond donors (Lipinski definition) is 4. The number of unbranched alkanes of at least 4 members (excludes halogenated alkanes) is 15. The molecule has 0 aromatic carbocycles. The molecule has 12 nitrogen and oxygen atoms in total. The van der Waals surface area contributed by atoms with E-state index in [2.05, 4.69) is 13.8 Å². The average molecular weight is 788 g/mol. The third-order valence-electron chi connectivity index (χ3n) is 9.72. The topological polar surface area (TPSA) is 192 Å². The molecule has 5 N–H and O–H groups in total. The third kappa shape index (κ3) is 26.0. The first-order valence-corrected chi connectivity index (χ1v) is 22.4. The minimum absolute atomic E-state index is 0.0118. The molecule has 0 aliphatic heterocycles. The van der Waals surface area contributed by atoms with Crippen LogP contribution in [0.1, 0.15) is 162 Å². The van der Waals surface area contributed by atoms with Crippen LogP contribution >= 0.6 is 7.82 Å². The summed E-state index contributed by atoms with van der Waals surface area (Å²) in [7, 11) is -4.45. The van der Waals surface area contributed by atoms with E-state index >= 15 is 0 Å². The number of Topliss-reactive ketones (excluding diaryl/α,β-unsaturated/α-hetero) is 1. The van der Waals surface area contributed by atoms with Crippen molar-refractivity contribution < 1.29 is 52.6 Å². The number of ether oxygens (including phenoxy) is 2. The fraction of sp³-hybridized carbons (Fsp3) is 0.829. The average Bonchev–Trinajstić information content (AvgIpc) is 3.41. The van der Waals surface area contributed by atoms with Gasteiger partial charge < -0.3 is 30.3 Å². The summed E-state index contributed by atoms with van der Waals surface area (Å²) in [6.45, 7) is 3.31. The molecule has 1 aliphatic carbocycles. The number of rotatable bonds is 35. The fourth-order valence-corrected chi connectivity index (χ4v) is 7.26. The first kappa shape index (κ1) is 50.1. The predicted molar refractivity (Wildman–Crippen MR) is 211 cm³/mol. The van der Waals surface area contributed by atoms with Gasteiger partial charge in [0, 0.05) is 37.6 Å². The smallest absolute Gasteiger partial charge is 0.462 e. The lowest BCUT2D eigenvalue weighted by Crippen LogP contribution is -2.29. The van der Waals surface area contributed by atoms with Crippen LogP contribution in [-0.2, 0) is 37.5 Å². The highest BCUT2D eigenvalue weighted by atomic mass is 31.2. The molecule has 1 saturated carbocycles. The number of phosphoric acid groups is 1. The van der Waals surface area contributed by atoms with Crippen molar-refractivity contribution in [2.75, 3.05) is 26.4 Å². The van der Waals surface area contributed by atoms with Crippen molar-refractivity contribution in [3.8, 4) is 0 Å². The quantitative estimate of drug-likeness (QED) is 0.0209. The number of aliphatic hydroxyl groups excluding tert-OH is 2. The van der Waals surface area contributed by atoms with Gasteiger partial charge in [-0.15, -0.1) is 0 Å². The summed E-state index contributed by atoms with van der Waals surface area (Å²) < 4.78 is 32.7. The third-order valence-corrected chi connectivity index (χ3v) is 10.7. The molecule has 1 unspecified atom stereocenters. The van der Waals surface area contributed by atoms with E-state index < -0.39 is 50.6 Å². The number of aliphatic hydroxyl groups is 2. The molecular formula is C41H74NO11P. The van der Waals surface area contributed by atoms with Crippen LogP contribution in [0, 0.1) is 11.8 Å². The molecule has 0 amide bonds. The maximum Gasteiger partial charge on any atom is 0.472 e. The van der Waals surface area contributed by atoms with Crippen molar-refractivity contribution >= 4 is 25.5 Å². The van der Waals surface area contributed by atoms with E-state index in [1.165, 1.54) is 57.8 Å². The van der Waals surface area contributed by atoms with E-state index in [1.54, 1.807) is 12.2 Å². The molecule has 0 saturated heterocycles. The number of allylic oxidation sites excluding steroid dienone is 3. The Hall–Kier alpha value is -1.92. The number of esters is 2. The van der Waals surface area contributed by atoms with E-state index in [9.17, 15) is 34.1 Å². The molecule has 0 radical (unpaired) electrons. The van der Waals surface area contributed by atoms with Crippen LogP contribution in [0.4, 0.5) is 0 Å². The molecule has 0 bridgehead atoms. The molecule has 1 rings (SSSR count). The summed E-state index contributed by atoms with van der Waals surface area (Å²) in [6.07, 6.45) is 25.7. The molecule has 54 heavy (non-hydrogen) atoms. The maximum atomic E-state index is 12.7. The highest BCUT2D eigenvalue weighted by Crippen LogP contribution is 2.43. The summed E-state index contributed by atoms with van der Waals surface area (Å²) >= 11 is 0. The second-order valence-electron chi connectivity index (χ2n) is 14.6. The molecular weight excluding hydrogens is 713 g/mol. The van der Waals surface area contributed by atoms with Crippen molar-refractivity contribution in [3.05, 3.63) is 24.3 Å². The zero-order valence-electron chi connectivity index (χ0n) is 33.4. The minimum atomic E-state index is -4.45. The highest BCUT2D eigenvalue weighted by Gasteiger charge is 2.39. The van der Waals surface area contributed by atoms with E-state index in [4.69, 9.17) is 24.3 Å². The van der Waals surface area contributed by atoms with Gasteiger partial charge in [0.2, 0.25) is 0 Å². The second kappa shape index (κ2) is 32.2. The number of hydrogen-bond acceptors (Lipinski definition) is 11. The highest BCUT2D eigenvalue weighted by molar-refractivity contribution is 7.47. The number of nitrogens with two attached hydrogens (primary N) is 1. The van der Waals surface area contributed by atoms with Crippen LogP contribution in [0.25, 0.3) is 0 Å². The maximum absolute atomic E-state index is 12.7. The van der Waals surface area contributed by atoms with E-state index in [0.29, 0.717) is 32.1 Å². The summed E-state index contributed by atoms with van der Waals surface area (Å²) in [6, 6.07) is 0. The lowest BCUT2D eigenvalue weighted by atomic mass is 9.90. The summed E-state index contributed by atoms with van der Waals surface area (Å²) in [5, 5.41) is 20.7. The predicted octanol–water partition coefficient (Wildman–Crippen LogP) is 8.20. The van der Waals surface area contributed by atoms with E-state index in [-0.39, 0.29) is 50.7 Å². The Morgan fingerprint density at radius 3 is 2.06 bits per heavy atom. The van der Waals surface area contributed by atoms with Gasteiger partial charge in [0.15, 0.2) is 6.10 Å². The van der Waals surface area contributed by atoms with Gasteiger partial charge in [-0.25, -0.2) is 4.57 Å². The van der Waals surface area contributed by atoms with Crippen molar-refractivity contribution in [3.63, 3.8) is 0 Å². The zero-order chi connectivity index (χ0) is 39.9. The van der Waals surface area contributed by atoms with Gasteiger partial charge in [-0.1, -0.05) is 134 Å². The number of ketones is 1. The minimum Gasteiger partial charge on any atom is -0.462 e. The monoisotopic (exact) mass is 787 g/mol. The normalized spacial score (nSPS) is 19.7. The number of carbonyl (C=O) groups excluding carboxylic acids is 3. The van der Waals surface area contributed by atoms with Crippen LogP contribution in [-0.4, -0.2) is 77.5 Å². The summed E-state index contributed by atoms with van der Waals surface area (Å²) in [4.78, 5) is 47.5. The molecule has 1 fully saturated rings. The van der Waals surface area contributed by atoms with Gasteiger partial charge in [0.25, 0.3) is 0 Å². The number of phosphoric ester groups is 1. The first-order chi connectivity index (χ1) is 26.0. The Balaban J connectivity index is 2.45. The lowest BCUT2D eigenvalue weighted by molar-refractivity contribution is -0.161. The zero-order valence-corrected chi connectivity index (χ0v) is 34.3. The Morgan fingerprint density at radius 2 is 1.43 bits per heavy atom. The van der Waals surface area contributed by atoms with Gasteiger partial charge in [-0.05, 0) is 32.1 Å². The Kier molecular flexibility index (Phi) is 29.9. The van der Waals surface area contributed by atoms with Crippen LogP contribution in [0.15, 0.2) is 24.3 Å². The molecule has 0 aromatic rings. The van der Waals surface area contributed by atoms with Gasteiger partial charge in [0.1, 0.15) is 12.4 Å². The van der Waals surface area contributed by atoms with Crippen LogP contribution in [0.5, 0.6) is 0 Å².